The molecule has 0 aliphatic heterocycles. The number of hydrogen-bond donors (Lipinski definition) is 1. The number of rotatable bonds is 7. The fourth-order valence-electron chi connectivity index (χ4n) is 1.66. The van der Waals surface area contributed by atoms with Gasteiger partial charge in [-0.2, -0.15) is 5.21 Å². The van der Waals surface area contributed by atoms with E-state index in [9.17, 15) is 4.79 Å². The SMILES string of the molecule is CN(OCc1ccccc1)C(=O)CCCc1nn[nH]n1. The van der Waals surface area contributed by atoms with Crippen molar-refractivity contribution >= 4 is 5.91 Å². The third-order valence-electron chi connectivity index (χ3n) is 2.80. The number of aromatic nitrogens is 4. The van der Waals surface area contributed by atoms with Crippen molar-refractivity contribution in [2.75, 3.05) is 7.05 Å². The zero-order chi connectivity index (χ0) is 14.2. The zero-order valence-corrected chi connectivity index (χ0v) is 11.3. The van der Waals surface area contributed by atoms with Crippen LogP contribution in [0.25, 0.3) is 0 Å². The fraction of sp³-hybridized carbons (Fsp3) is 0.385. The van der Waals surface area contributed by atoms with E-state index in [0.717, 1.165) is 5.56 Å². The van der Waals surface area contributed by atoms with Crippen LogP contribution in [-0.4, -0.2) is 38.6 Å². The van der Waals surface area contributed by atoms with Crippen molar-refractivity contribution in [1.82, 2.24) is 25.7 Å². The molecule has 0 aliphatic rings. The number of aryl methyl sites for hydroxylation is 1. The number of hydroxylamine groups is 2. The van der Waals surface area contributed by atoms with Crippen LogP contribution in [0.4, 0.5) is 0 Å². The predicted octanol–water partition coefficient (Wildman–Crippen LogP) is 1.11. The second kappa shape index (κ2) is 7.34. The highest BCUT2D eigenvalue weighted by Gasteiger charge is 2.10. The monoisotopic (exact) mass is 275 g/mol. The minimum atomic E-state index is -0.0653. The number of nitrogens with zero attached hydrogens (tertiary/aromatic N) is 4. The molecule has 7 nitrogen and oxygen atoms in total. The lowest BCUT2D eigenvalue weighted by Gasteiger charge is -2.16. The predicted molar refractivity (Wildman–Crippen MR) is 71.1 cm³/mol. The molecule has 0 saturated heterocycles. The van der Waals surface area contributed by atoms with Gasteiger partial charge in [0.25, 0.3) is 0 Å². The Bertz CT molecular complexity index is 515. The number of aromatic amines is 1. The van der Waals surface area contributed by atoms with Crippen LogP contribution in [0.3, 0.4) is 0 Å². The van der Waals surface area contributed by atoms with Crippen LogP contribution in [0.2, 0.25) is 0 Å². The number of H-pyrrole nitrogens is 1. The highest BCUT2D eigenvalue weighted by atomic mass is 16.7. The van der Waals surface area contributed by atoms with Crippen LogP contribution in [-0.2, 0) is 22.7 Å². The van der Waals surface area contributed by atoms with E-state index in [1.54, 1.807) is 7.05 Å². The Hall–Kier alpha value is -2.28. The third kappa shape index (κ3) is 4.43. The van der Waals surface area contributed by atoms with Crippen LogP contribution in [0.15, 0.2) is 30.3 Å². The van der Waals surface area contributed by atoms with Crippen molar-refractivity contribution in [1.29, 1.82) is 0 Å². The molecule has 1 aromatic heterocycles. The molecule has 1 N–H and O–H groups in total. The summed E-state index contributed by atoms with van der Waals surface area (Å²) >= 11 is 0. The van der Waals surface area contributed by atoms with Gasteiger partial charge in [0.1, 0.15) is 6.61 Å². The van der Waals surface area contributed by atoms with Crippen molar-refractivity contribution in [2.45, 2.75) is 25.9 Å². The number of benzene rings is 1. The van der Waals surface area contributed by atoms with Gasteiger partial charge in [0.05, 0.1) is 0 Å². The minimum Gasteiger partial charge on any atom is -0.273 e. The number of carbonyl (C=O) groups is 1. The molecule has 0 atom stereocenters. The Balaban J connectivity index is 1.66. The summed E-state index contributed by atoms with van der Waals surface area (Å²) < 4.78 is 0. The minimum absolute atomic E-state index is 0.0653. The van der Waals surface area contributed by atoms with Gasteiger partial charge >= 0.3 is 0 Å². The quantitative estimate of drug-likeness (QED) is 0.765. The Morgan fingerprint density at radius 3 is 2.85 bits per heavy atom. The molecular formula is C13H17N5O2. The summed E-state index contributed by atoms with van der Waals surface area (Å²) in [4.78, 5) is 17.2. The highest BCUT2D eigenvalue weighted by Crippen LogP contribution is 2.05. The topological polar surface area (TPSA) is 84.0 Å². The first-order chi connectivity index (χ1) is 9.75. The normalized spacial score (nSPS) is 10.4. The Labute approximate surface area is 116 Å². The molecule has 1 heterocycles. The molecule has 0 radical (unpaired) electrons. The Morgan fingerprint density at radius 2 is 2.15 bits per heavy atom. The molecule has 0 unspecified atom stereocenters. The van der Waals surface area contributed by atoms with Gasteiger partial charge in [0, 0.05) is 19.9 Å². The Morgan fingerprint density at radius 1 is 1.35 bits per heavy atom. The second-order valence-electron chi connectivity index (χ2n) is 4.33. The molecular weight excluding hydrogens is 258 g/mol. The maximum Gasteiger partial charge on any atom is 0.245 e. The fourth-order valence-corrected chi connectivity index (χ4v) is 1.66. The van der Waals surface area contributed by atoms with Crippen LogP contribution in [0.5, 0.6) is 0 Å². The van der Waals surface area contributed by atoms with Crippen LogP contribution < -0.4 is 0 Å². The van der Waals surface area contributed by atoms with E-state index in [2.05, 4.69) is 20.6 Å². The average Bonchev–Trinajstić information content (AvgIpc) is 2.99. The molecule has 2 rings (SSSR count). The van der Waals surface area contributed by atoms with E-state index >= 15 is 0 Å². The molecule has 7 heteroatoms. The van der Waals surface area contributed by atoms with Gasteiger partial charge in [0.15, 0.2) is 5.82 Å². The van der Waals surface area contributed by atoms with Crippen molar-refractivity contribution in [3.05, 3.63) is 41.7 Å². The first-order valence-electron chi connectivity index (χ1n) is 6.41. The summed E-state index contributed by atoms with van der Waals surface area (Å²) in [6, 6.07) is 9.72. The zero-order valence-electron chi connectivity index (χ0n) is 11.3. The number of carbonyl (C=O) groups excluding carboxylic acids is 1. The maximum absolute atomic E-state index is 11.8. The standard InChI is InChI=1S/C13H17N5O2/c1-18(20-10-11-6-3-2-4-7-11)13(19)9-5-8-12-14-16-17-15-12/h2-4,6-7H,5,8-10H2,1H3,(H,14,15,16,17). The highest BCUT2D eigenvalue weighted by molar-refractivity contribution is 5.74. The van der Waals surface area contributed by atoms with E-state index < -0.39 is 0 Å². The number of hydrogen-bond acceptors (Lipinski definition) is 5. The molecule has 0 aliphatic carbocycles. The van der Waals surface area contributed by atoms with E-state index in [1.165, 1.54) is 5.06 Å². The second-order valence-corrected chi connectivity index (χ2v) is 4.33. The van der Waals surface area contributed by atoms with Crippen molar-refractivity contribution in [3.63, 3.8) is 0 Å². The van der Waals surface area contributed by atoms with Gasteiger partial charge in [-0.15, -0.1) is 10.2 Å². The van der Waals surface area contributed by atoms with E-state index in [4.69, 9.17) is 4.84 Å². The summed E-state index contributed by atoms with van der Waals surface area (Å²) in [7, 11) is 1.62. The lowest BCUT2D eigenvalue weighted by atomic mass is 10.2. The van der Waals surface area contributed by atoms with Crippen molar-refractivity contribution < 1.29 is 9.63 Å². The van der Waals surface area contributed by atoms with Gasteiger partial charge in [0.2, 0.25) is 5.91 Å². The largest absolute Gasteiger partial charge is 0.273 e. The molecule has 0 fully saturated rings. The molecule has 0 saturated carbocycles. The molecule has 106 valence electrons. The van der Waals surface area contributed by atoms with Gasteiger partial charge in [-0.05, 0) is 12.0 Å². The van der Waals surface area contributed by atoms with Crippen molar-refractivity contribution in [3.8, 4) is 0 Å². The number of nitrogens with one attached hydrogen (secondary N) is 1. The van der Waals surface area contributed by atoms with Crippen LogP contribution in [0, 0.1) is 0 Å². The smallest absolute Gasteiger partial charge is 0.245 e. The van der Waals surface area contributed by atoms with Gasteiger partial charge < -0.3 is 0 Å². The lowest BCUT2D eigenvalue weighted by molar-refractivity contribution is -0.182. The number of tetrazole rings is 1. The molecule has 1 aromatic carbocycles. The van der Waals surface area contributed by atoms with Gasteiger partial charge in [-0.3, -0.25) is 9.63 Å². The van der Waals surface area contributed by atoms with Crippen LogP contribution >= 0.6 is 0 Å². The lowest BCUT2D eigenvalue weighted by Crippen LogP contribution is -2.26. The van der Waals surface area contributed by atoms with Gasteiger partial charge in [-0.25, -0.2) is 5.06 Å². The molecule has 20 heavy (non-hydrogen) atoms. The first-order valence-corrected chi connectivity index (χ1v) is 6.41. The summed E-state index contributed by atoms with van der Waals surface area (Å²) in [6.45, 7) is 0.383. The summed E-state index contributed by atoms with van der Waals surface area (Å²) in [5, 5.41) is 14.8. The molecule has 2 aromatic rings. The molecule has 1 amide bonds. The van der Waals surface area contributed by atoms with Crippen LogP contribution in [0.1, 0.15) is 24.2 Å². The molecule has 0 spiro atoms. The molecule has 0 bridgehead atoms. The van der Waals surface area contributed by atoms with E-state index in [1.807, 2.05) is 30.3 Å². The average molecular weight is 275 g/mol. The summed E-state index contributed by atoms with van der Waals surface area (Å²) in [6.07, 6.45) is 1.67. The summed E-state index contributed by atoms with van der Waals surface area (Å²) in [5.74, 6) is 0.551. The Kier molecular flexibility index (Phi) is 5.19. The third-order valence-corrected chi connectivity index (χ3v) is 2.80. The first kappa shape index (κ1) is 14.1. The van der Waals surface area contributed by atoms with E-state index in [-0.39, 0.29) is 5.91 Å². The summed E-state index contributed by atoms with van der Waals surface area (Å²) in [5.41, 5.74) is 1.03. The van der Waals surface area contributed by atoms with Gasteiger partial charge in [-0.1, -0.05) is 35.5 Å². The van der Waals surface area contributed by atoms with E-state index in [0.29, 0.717) is 31.7 Å². The van der Waals surface area contributed by atoms with Crippen molar-refractivity contribution in [2.24, 2.45) is 0 Å². The number of amides is 1. The maximum atomic E-state index is 11.8.